The molecular weight excluding hydrogens is 310 g/mol. The summed E-state index contributed by atoms with van der Waals surface area (Å²) >= 11 is 3.26. The van der Waals surface area contributed by atoms with E-state index in [2.05, 4.69) is 33.4 Å². The van der Waals surface area contributed by atoms with Crippen LogP contribution in [0.5, 0.6) is 0 Å². The highest BCUT2D eigenvalue weighted by atomic mass is 79.9. The number of allylic oxidation sites excluding steroid dienone is 2. The normalized spacial score (nSPS) is 17.4. The van der Waals surface area contributed by atoms with Crippen LogP contribution in [0.3, 0.4) is 0 Å². The second kappa shape index (κ2) is 6.02. The molecule has 1 aliphatic rings. The first-order valence-electron chi connectivity index (χ1n) is 6.05. The molecule has 1 amide bonds. The quantitative estimate of drug-likeness (QED) is 0.834. The molecule has 1 aliphatic carbocycles. The molecule has 1 aromatic carbocycles. The molecule has 0 aliphatic heterocycles. The van der Waals surface area contributed by atoms with E-state index < -0.39 is 5.97 Å². The van der Waals surface area contributed by atoms with Crippen molar-refractivity contribution in [1.82, 2.24) is 0 Å². The maximum Gasteiger partial charge on any atom is 0.335 e. The number of carbonyl (C=O) groups is 2. The number of benzene rings is 1. The Labute approximate surface area is 119 Å². The number of carboxylic acid groups (broad SMARTS) is 1. The Morgan fingerprint density at radius 3 is 2.79 bits per heavy atom. The van der Waals surface area contributed by atoms with Gasteiger partial charge in [0.25, 0.3) is 0 Å². The van der Waals surface area contributed by atoms with Crippen LogP contribution in [0.25, 0.3) is 0 Å². The van der Waals surface area contributed by atoms with Crippen molar-refractivity contribution in [2.75, 3.05) is 5.32 Å². The summed E-state index contributed by atoms with van der Waals surface area (Å²) in [6.45, 7) is 0. The zero-order chi connectivity index (χ0) is 13.8. The van der Waals surface area contributed by atoms with Gasteiger partial charge in [0, 0.05) is 10.9 Å². The van der Waals surface area contributed by atoms with Gasteiger partial charge in [0.1, 0.15) is 0 Å². The fraction of sp³-hybridized carbons (Fsp3) is 0.286. The number of halogens is 1. The molecule has 1 aromatic rings. The zero-order valence-corrected chi connectivity index (χ0v) is 11.8. The van der Waals surface area contributed by atoms with Gasteiger partial charge in [-0.15, -0.1) is 0 Å². The van der Waals surface area contributed by atoms with Crippen LogP contribution in [0.1, 0.15) is 29.6 Å². The molecule has 0 saturated carbocycles. The van der Waals surface area contributed by atoms with Crippen LogP contribution in [0.2, 0.25) is 0 Å². The van der Waals surface area contributed by atoms with Gasteiger partial charge in [-0.1, -0.05) is 12.2 Å². The van der Waals surface area contributed by atoms with Crippen LogP contribution in [0.15, 0.2) is 34.8 Å². The first kappa shape index (κ1) is 13.8. The maximum atomic E-state index is 11.9. The molecule has 1 atom stereocenters. The molecule has 2 N–H and O–H groups in total. The molecule has 0 radical (unpaired) electrons. The predicted octanol–water partition coefficient (Wildman–Crippen LogP) is 3.44. The van der Waals surface area contributed by atoms with Crippen molar-refractivity contribution in [3.8, 4) is 0 Å². The highest BCUT2D eigenvalue weighted by Crippen LogP contribution is 2.25. The summed E-state index contributed by atoms with van der Waals surface area (Å²) in [5.74, 6) is -0.730. The molecule has 0 bridgehead atoms. The van der Waals surface area contributed by atoms with Gasteiger partial charge >= 0.3 is 5.97 Å². The van der Waals surface area contributed by atoms with E-state index in [0.29, 0.717) is 22.5 Å². The second-order valence-corrected chi connectivity index (χ2v) is 5.37. The molecule has 0 aromatic heterocycles. The fourth-order valence-corrected chi connectivity index (χ4v) is 2.53. The summed E-state index contributed by atoms with van der Waals surface area (Å²) in [5, 5.41) is 11.6. The minimum Gasteiger partial charge on any atom is -0.478 e. The third-order valence-corrected chi connectivity index (χ3v) is 3.71. The summed E-state index contributed by atoms with van der Waals surface area (Å²) in [6, 6.07) is 4.54. The predicted molar refractivity (Wildman–Crippen MR) is 76.2 cm³/mol. The SMILES string of the molecule is O=C(CC1C=CCC1)Nc1ccc(C(=O)O)cc1Br. The molecule has 0 spiro atoms. The number of carboxylic acids is 1. The van der Waals surface area contributed by atoms with Gasteiger partial charge in [-0.25, -0.2) is 4.79 Å². The lowest BCUT2D eigenvalue weighted by molar-refractivity contribution is -0.116. The average Bonchev–Trinajstić information content (AvgIpc) is 2.84. The molecular formula is C14H14BrNO3. The van der Waals surface area contributed by atoms with Crippen molar-refractivity contribution in [3.63, 3.8) is 0 Å². The van der Waals surface area contributed by atoms with Gasteiger partial charge in [0.15, 0.2) is 0 Å². The molecule has 100 valence electrons. The van der Waals surface area contributed by atoms with E-state index in [-0.39, 0.29) is 11.5 Å². The number of nitrogens with one attached hydrogen (secondary N) is 1. The Hall–Kier alpha value is -1.62. The maximum absolute atomic E-state index is 11.9. The molecule has 1 unspecified atom stereocenters. The molecule has 4 nitrogen and oxygen atoms in total. The number of rotatable bonds is 4. The first-order chi connectivity index (χ1) is 9.06. The first-order valence-corrected chi connectivity index (χ1v) is 6.85. The van der Waals surface area contributed by atoms with Gasteiger partial charge in [0.2, 0.25) is 5.91 Å². The number of hydrogen-bond donors (Lipinski definition) is 2. The number of hydrogen-bond acceptors (Lipinski definition) is 2. The molecule has 2 rings (SSSR count). The number of aromatic carboxylic acids is 1. The highest BCUT2D eigenvalue weighted by molar-refractivity contribution is 9.10. The molecule has 5 heteroatoms. The van der Waals surface area contributed by atoms with Crippen LogP contribution in [0.4, 0.5) is 5.69 Å². The lowest BCUT2D eigenvalue weighted by atomic mass is 10.0. The van der Waals surface area contributed by atoms with E-state index in [4.69, 9.17) is 5.11 Å². The Kier molecular flexibility index (Phi) is 4.37. The average molecular weight is 324 g/mol. The summed E-state index contributed by atoms with van der Waals surface area (Å²) in [6.07, 6.45) is 6.68. The van der Waals surface area contributed by atoms with E-state index in [1.807, 2.05) is 0 Å². The smallest absolute Gasteiger partial charge is 0.335 e. The molecule has 0 heterocycles. The Morgan fingerprint density at radius 1 is 1.42 bits per heavy atom. The van der Waals surface area contributed by atoms with Gasteiger partial charge < -0.3 is 10.4 Å². The van der Waals surface area contributed by atoms with Crippen molar-refractivity contribution < 1.29 is 14.7 Å². The van der Waals surface area contributed by atoms with E-state index in [0.717, 1.165) is 12.8 Å². The molecule has 0 fully saturated rings. The van der Waals surface area contributed by atoms with Crippen LogP contribution in [-0.4, -0.2) is 17.0 Å². The fourth-order valence-electron chi connectivity index (χ4n) is 2.05. The third kappa shape index (κ3) is 3.67. The third-order valence-electron chi connectivity index (χ3n) is 3.05. The lowest BCUT2D eigenvalue weighted by Gasteiger charge is -2.10. The monoisotopic (exact) mass is 323 g/mol. The Balaban J connectivity index is 2.00. The standard InChI is InChI=1S/C14H14BrNO3/c15-11-8-10(14(18)19)5-6-12(11)16-13(17)7-9-3-1-2-4-9/h1,3,5-6,8-9H,2,4,7H2,(H,16,17)(H,18,19). The topological polar surface area (TPSA) is 66.4 Å². The minimum atomic E-state index is -0.991. The largest absolute Gasteiger partial charge is 0.478 e. The van der Waals surface area contributed by atoms with Crippen molar-refractivity contribution in [3.05, 3.63) is 40.4 Å². The van der Waals surface area contributed by atoms with Crippen molar-refractivity contribution in [1.29, 1.82) is 0 Å². The van der Waals surface area contributed by atoms with Crippen molar-refractivity contribution >= 4 is 33.5 Å². The van der Waals surface area contributed by atoms with Crippen molar-refractivity contribution in [2.24, 2.45) is 5.92 Å². The van der Waals surface area contributed by atoms with E-state index in [1.165, 1.54) is 12.1 Å². The molecule has 19 heavy (non-hydrogen) atoms. The van der Waals surface area contributed by atoms with Gasteiger partial charge in [0.05, 0.1) is 11.3 Å². The number of amides is 1. The highest BCUT2D eigenvalue weighted by Gasteiger charge is 2.15. The second-order valence-electron chi connectivity index (χ2n) is 4.52. The van der Waals surface area contributed by atoms with Crippen LogP contribution in [0, 0.1) is 5.92 Å². The van der Waals surface area contributed by atoms with E-state index in [1.54, 1.807) is 6.07 Å². The van der Waals surface area contributed by atoms with Crippen LogP contribution in [-0.2, 0) is 4.79 Å². The number of anilines is 1. The van der Waals surface area contributed by atoms with Crippen LogP contribution >= 0.6 is 15.9 Å². The molecule has 0 saturated heterocycles. The zero-order valence-electron chi connectivity index (χ0n) is 10.2. The Bertz CT molecular complexity index is 539. The Morgan fingerprint density at radius 2 is 2.21 bits per heavy atom. The van der Waals surface area contributed by atoms with Crippen molar-refractivity contribution in [2.45, 2.75) is 19.3 Å². The summed E-state index contributed by atoms with van der Waals surface area (Å²) in [7, 11) is 0. The van der Waals surface area contributed by atoms with E-state index >= 15 is 0 Å². The lowest BCUT2D eigenvalue weighted by Crippen LogP contribution is -2.15. The number of carbonyl (C=O) groups excluding carboxylic acids is 1. The van der Waals surface area contributed by atoms with Crippen LogP contribution < -0.4 is 5.32 Å². The van der Waals surface area contributed by atoms with Gasteiger partial charge in [-0.3, -0.25) is 4.79 Å². The minimum absolute atomic E-state index is 0.0553. The van der Waals surface area contributed by atoms with E-state index in [9.17, 15) is 9.59 Å². The van der Waals surface area contributed by atoms with Gasteiger partial charge in [-0.05, 0) is 52.9 Å². The summed E-state index contributed by atoms with van der Waals surface area (Å²) < 4.78 is 0.572. The summed E-state index contributed by atoms with van der Waals surface area (Å²) in [5.41, 5.74) is 0.778. The summed E-state index contributed by atoms with van der Waals surface area (Å²) in [4.78, 5) is 22.7. The van der Waals surface area contributed by atoms with Gasteiger partial charge in [-0.2, -0.15) is 0 Å².